The van der Waals surface area contributed by atoms with Gasteiger partial charge in [0.2, 0.25) is 0 Å². The SMILES string of the molecule is CCc1ccc(Nc2c(N[C@@H](c3ccc(C)o3)C(C)(C)C)c(=O)c2=O)c2c1CN(c1ccccc1CO)C2=O. The van der Waals surface area contributed by atoms with Crippen LogP contribution in [-0.2, 0) is 19.6 Å². The molecule has 0 unspecified atom stereocenters. The van der Waals surface area contributed by atoms with Crippen molar-refractivity contribution in [3.63, 3.8) is 0 Å². The zero-order chi connectivity index (χ0) is 28.1. The van der Waals surface area contributed by atoms with E-state index >= 15 is 0 Å². The fourth-order valence-electron chi connectivity index (χ4n) is 5.27. The molecule has 0 bridgehead atoms. The number of aliphatic hydroxyl groups is 1. The Morgan fingerprint density at radius 3 is 2.33 bits per heavy atom. The Balaban J connectivity index is 1.52. The lowest BCUT2D eigenvalue weighted by atomic mass is 9.84. The summed E-state index contributed by atoms with van der Waals surface area (Å²) in [5.74, 6) is 1.19. The zero-order valence-corrected chi connectivity index (χ0v) is 22.8. The Morgan fingerprint density at radius 1 is 0.974 bits per heavy atom. The number of fused-ring (bicyclic) bond motifs is 1. The van der Waals surface area contributed by atoms with Crippen molar-refractivity contribution in [2.45, 2.75) is 60.2 Å². The van der Waals surface area contributed by atoms with Gasteiger partial charge in [0.1, 0.15) is 22.9 Å². The second-order valence-electron chi connectivity index (χ2n) is 11.1. The minimum atomic E-state index is -0.637. The molecule has 39 heavy (non-hydrogen) atoms. The summed E-state index contributed by atoms with van der Waals surface area (Å²) in [6.45, 7) is 10.1. The van der Waals surface area contributed by atoms with Gasteiger partial charge in [-0.15, -0.1) is 0 Å². The summed E-state index contributed by atoms with van der Waals surface area (Å²) in [5, 5.41) is 16.2. The van der Waals surface area contributed by atoms with Crippen molar-refractivity contribution < 1.29 is 14.3 Å². The van der Waals surface area contributed by atoms with Crippen molar-refractivity contribution in [3.8, 4) is 0 Å². The summed E-state index contributed by atoms with van der Waals surface area (Å²) >= 11 is 0. The van der Waals surface area contributed by atoms with Gasteiger partial charge in [0.15, 0.2) is 0 Å². The summed E-state index contributed by atoms with van der Waals surface area (Å²) in [6.07, 6.45) is 0.730. The smallest absolute Gasteiger partial charge is 0.261 e. The van der Waals surface area contributed by atoms with Gasteiger partial charge in [0, 0.05) is 11.3 Å². The lowest BCUT2D eigenvalue weighted by molar-refractivity contribution is 0.0997. The first-order chi connectivity index (χ1) is 18.5. The van der Waals surface area contributed by atoms with Crippen LogP contribution in [0.5, 0.6) is 0 Å². The third-order valence-corrected chi connectivity index (χ3v) is 7.39. The van der Waals surface area contributed by atoms with Crippen molar-refractivity contribution in [1.29, 1.82) is 0 Å². The molecule has 0 saturated heterocycles. The maximum Gasteiger partial charge on any atom is 0.261 e. The van der Waals surface area contributed by atoms with E-state index < -0.39 is 10.9 Å². The predicted octanol–water partition coefficient (Wildman–Crippen LogP) is 5.34. The molecular weight excluding hydrogens is 494 g/mol. The number of amides is 1. The van der Waals surface area contributed by atoms with Crippen LogP contribution >= 0.6 is 0 Å². The third kappa shape index (κ3) is 4.55. The number of furan rings is 1. The molecule has 8 nitrogen and oxygen atoms in total. The van der Waals surface area contributed by atoms with Gasteiger partial charge in [0.05, 0.1) is 30.4 Å². The van der Waals surface area contributed by atoms with E-state index in [1.807, 2.05) is 71.0 Å². The fraction of sp³-hybridized carbons (Fsp3) is 0.323. The van der Waals surface area contributed by atoms with Crippen molar-refractivity contribution in [3.05, 3.63) is 103 Å². The number of aryl methyl sites for hydroxylation is 2. The maximum atomic E-state index is 13.8. The van der Waals surface area contributed by atoms with Crippen molar-refractivity contribution in [2.75, 3.05) is 15.5 Å². The van der Waals surface area contributed by atoms with E-state index in [9.17, 15) is 19.5 Å². The minimum absolute atomic E-state index is 0.131. The van der Waals surface area contributed by atoms with E-state index in [1.54, 1.807) is 17.0 Å². The van der Waals surface area contributed by atoms with Crippen LogP contribution < -0.4 is 26.4 Å². The first-order valence-corrected chi connectivity index (χ1v) is 13.1. The number of nitrogens with zero attached hydrogens (tertiary/aromatic N) is 1. The van der Waals surface area contributed by atoms with Gasteiger partial charge in [-0.25, -0.2) is 0 Å². The average Bonchev–Trinajstić information content (AvgIpc) is 3.50. The van der Waals surface area contributed by atoms with Gasteiger partial charge in [-0.05, 0) is 54.2 Å². The van der Waals surface area contributed by atoms with Gasteiger partial charge in [-0.2, -0.15) is 0 Å². The Hall–Kier alpha value is -4.17. The van der Waals surface area contributed by atoms with Crippen LogP contribution in [0.3, 0.4) is 0 Å². The maximum absolute atomic E-state index is 13.8. The first-order valence-electron chi connectivity index (χ1n) is 13.1. The van der Waals surface area contributed by atoms with Gasteiger partial charge in [0.25, 0.3) is 16.8 Å². The van der Waals surface area contributed by atoms with Gasteiger partial charge >= 0.3 is 0 Å². The molecule has 5 rings (SSSR count). The number of carbonyl (C=O) groups is 1. The lowest BCUT2D eigenvalue weighted by Gasteiger charge is -2.31. The van der Waals surface area contributed by atoms with Gasteiger partial charge in [-0.1, -0.05) is 52.0 Å². The number of nitrogens with one attached hydrogen (secondary N) is 2. The zero-order valence-electron chi connectivity index (χ0n) is 22.8. The topological polar surface area (TPSA) is 112 Å². The molecule has 1 aliphatic heterocycles. The number of benzene rings is 2. The third-order valence-electron chi connectivity index (χ3n) is 7.39. The van der Waals surface area contributed by atoms with Crippen molar-refractivity contribution in [2.24, 2.45) is 5.41 Å². The monoisotopic (exact) mass is 527 g/mol. The molecule has 1 aliphatic rings. The number of hydrogen-bond donors (Lipinski definition) is 3. The van der Waals surface area contributed by atoms with E-state index in [0.29, 0.717) is 34.8 Å². The average molecular weight is 528 g/mol. The van der Waals surface area contributed by atoms with E-state index in [-0.39, 0.29) is 35.3 Å². The van der Waals surface area contributed by atoms with Crippen LogP contribution in [0.1, 0.15) is 72.3 Å². The van der Waals surface area contributed by atoms with Crippen LogP contribution in [-0.4, -0.2) is 11.0 Å². The quantitative estimate of drug-likeness (QED) is 0.265. The molecule has 8 heteroatoms. The van der Waals surface area contributed by atoms with Crippen LogP contribution in [0.4, 0.5) is 22.7 Å². The largest absolute Gasteiger partial charge is 0.464 e. The molecule has 0 saturated carbocycles. The highest BCUT2D eigenvalue weighted by Crippen LogP contribution is 2.40. The molecule has 202 valence electrons. The van der Waals surface area contributed by atoms with E-state index in [2.05, 4.69) is 10.6 Å². The standard InChI is InChI=1S/C31H33N3O5/c1-6-18-12-13-21(24-20(18)15-34(30(24)38)22-10-8-7-9-19(22)16-35)32-25-26(28(37)27(25)36)33-29(31(3,4)5)23-14-11-17(2)39-23/h7-14,29,32-33,35H,6,15-16H2,1-5H3/t29-/m0/s1. The number of rotatable bonds is 8. The molecule has 0 radical (unpaired) electrons. The summed E-state index contributed by atoms with van der Waals surface area (Å²) in [6, 6.07) is 14.4. The fourth-order valence-corrected chi connectivity index (χ4v) is 5.27. The summed E-state index contributed by atoms with van der Waals surface area (Å²) in [5.41, 5.74) is 2.85. The molecule has 1 atom stereocenters. The molecule has 1 aromatic heterocycles. The molecule has 1 amide bonds. The van der Waals surface area contributed by atoms with E-state index in [0.717, 1.165) is 23.3 Å². The number of para-hydroxylation sites is 1. The molecule has 4 aromatic rings. The Labute approximate surface area is 227 Å². The van der Waals surface area contributed by atoms with Crippen LogP contribution in [0.2, 0.25) is 0 Å². The number of carbonyl (C=O) groups excluding carboxylic acids is 1. The molecule has 3 N–H and O–H groups in total. The number of hydrogen-bond acceptors (Lipinski definition) is 7. The second-order valence-corrected chi connectivity index (χ2v) is 11.1. The normalized spacial score (nSPS) is 14.1. The predicted molar refractivity (Wildman–Crippen MR) is 153 cm³/mol. The van der Waals surface area contributed by atoms with Crippen LogP contribution in [0.15, 0.2) is 62.5 Å². The number of anilines is 4. The van der Waals surface area contributed by atoms with E-state index in [4.69, 9.17) is 4.42 Å². The molecular formula is C31H33N3O5. The lowest BCUT2D eigenvalue weighted by Crippen LogP contribution is -2.39. The van der Waals surface area contributed by atoms with Crippen LogP contribution in [0.25, 0.3) is 0 Å². The van der Waals surface area contributed by atoms with Gasteiger partial charge in [-0.3, -0.25) is 14.4 Å². The Morgan fingerprint density at radius 2 is 1.69 bits per heavy atom. The van der Waals surface area contributed by atoms with Crippen molar-refractivity contribution >= 4 is 28.7 Å². The minimum Gasteiger partial charge on any atom is -0.464 e. The molecule has 0 fully saturated rings. The molecule has 0 aliphatic carbocycles. The molecule has 2 heterocycles. The Bertz CT molecular complexity index is 1640. The molecule has 0 spiro atoms. The van der Waals surface area contributed by atoms with Gasteiger partial charge < -0.3 is 25.1 Å². The van der Waals surface area contributed by atoms with Crippen molar-refractivity contribution in [1.82, 2.24) is 0 Å². The summed E-state index contributed by atoms with van der Waals surface area (Å²) in [4.78, 5) is 40.9. The second kappa shape index (κ2) is 9.85. The molecule has 3 aromatic carbocycles. The highest BCUT2D eigenvalue weighted by atomic mass is 16.3. The highest BCUT2D eigenvalue weighted by Gasteiger charge is 2.36. The first kappa shape index (κ1) is 26.4. The number of aliphatic hydroxyl groups excluding tert-OH is 1. The van der Waals surface area contributed by atoms with Crippen LogP contribution in [0, 0.1) is 12.3 Å². The van der Waals surface area contributed by atoms with E-state index in [1.165, 1.54) is 0 Å². The summed E-state index contributed by atoms with van der Waals surface area (Å²) in [7, 11) is 0. The summed E-state index contributed by atoms with van der Waals surface area (Å²) < 4.78 is 5.86. The Kier molecular flexibility index (Phi) is 6.68. The highest BCUT2D eigenvalue weighted by molar-refractivity contribution is 6.14.